The minimum absolute atomic E-state index is 0.0337. The van der Waals surface area contributed by atoms with Gasteiger partial charge in [-0.05, 0) is 47.4 Å². The monoisotopic (exact) mass is 319 g/mol. The van der Waals surface area contributed by atoms with Crippen LogP contribution in [0.5, 0.6) is 0 Å². The summed E-state index contributed by atoms with van der Waals surface area (Å²) in [6.45, 7) is 1.57. The molecule has 2 aromatic rings. The van der Waals surface area contributed by atoms with Crippen molar-refractivity contribution in [2.75, 3.05) is 0 Å². The molecular formula is C17H12F3NO2. The van der Waals surface area contributed by atoms with E-state index >= 15 is 0 Å². The number of rotatable bonds is 3. The standard InChI is InChI=1S/C17H12F3NO2/c1-10-6-14(12-4-2-11(9-21)3-5-12)15(17(18,19)20)7-13(10)8-16(22)23/h2-7H,8H2,1H3,(H,22,23). The van der Waals surface area contributed by atoms with Crippen LogP contribution >= 0.6 is 0 Å². The van der Waals surface area contributed by atoms with E-state index in [1.165, 1.54) is 30.3 Å². The molecule has 3 nitrogen and oxygen atoms in total. The van der Waals surface area contributed by atoms with Crippen LogP contribution in [0.4, 0.5) is 13.2 Å². The van der Waals surface area contributed by atoms with E-state index in [0.29, 0.717) is 16.7 Å². The lowest BCUT2D eigenvalue weighted by atomic mass is 9.92. The fourth-order valence-corrected chi connectivity index (χ4v) is 2.30. The normalized spacial score (nSPS) is 11.1. The molecule has 0 amide bonds. The first-order valence-corrected chi connectivity index (χ1v) is 6.65. The fourth-order valence-electron chi connectivity index (χ4n) is 2.30. The summed E-state index contributed by atoms with van der Waals surface area (Å²) in [6.07, 6.45) is -5.08. The molecule has 0 unspecified atom stereocenters. The number of benzene rings is 2. The predicted molar refractivity (Wildman–Crippen MR) is 77.7 cm³/mol. The Hall–Kier alpha value is -2.81. The number of aliphatic carboxylic acids is 1. The lowest BCUT2D eigenvalue weighted by Gasteiger charge is -2.16. The Bertz CT molecular complexity index is 787. The summed E-state index contributed by atoms with van der Waals surface area (Å²) in [5.41, 5.74) is 0.350. The number of carboxylic acids is 1. The Morgan fingerprint density at radius 2 is 1.83 bits per heavy atom. The molecule has 118 valence electrons. The molecule has 0 aliphatic heterocycles. The van der Waals surface area contributed by atoms with E-state index in [2.05, 4.69) is 0 Å². The van der Waals surface area contributed by atoms with E-state index in [0.717, 1.165) is 6.07 Å². The number of aryl methyl sites for hydroxylation is 1. The van der Waals surface area contributed by atoms with Gasteiger partial charge in [-0.25, -0.2) is 0 Å². The van der Waals surface area contributed by atoms with Crippen LogP contribution in [0.2, 0.25) is 0 Å². The van der Waals surface area contributed by atoms with Gasteiger partial charge in [0.25, 0.3) is 0 Å². The molecular weight excluding hydrogens is 307 g/mol. The first kappa shape index (κ1) is 16.6. The van der Waals surface area contributed by atoms with Gasteiger partial charge in [-0.2, -0.15) is 18.4 Å². The molecule has 1 N–H and O–H groups in total. The van der Waals surface area contributed by atoms with Gasteiger partial charge in [0, 0.05) is 0 Å². The number of halogens is 3. The molecule has 0 saturated carbocycles. The summed E-state index contributed by atoms with van der Waals surface area (Å²) in [7, 11) is 0. The van der Waals surface area contributed by atoms with Gasteiger partial charge < -0.3 is 5.11 Å². The Kier molecular flexibility index (Phi) is 4.41. The molecule has 0 radical (unpaired) electrons. The molecule has 0 fully saturated rings. The summed E-state index contributed by atoms with van der Waals surface area (Å²) in [5.74, 6) is -1.19. The van der Waals surface area contributed by atoms with Crippen LogP contribution in [0.3, 0.4) is 0 Å². The van der Waals surface area contributed by atoms with Gasteiger partial charge in [0.15, 0.2) is 0 Å². The van der Waals surface area contributed by atoms with E-state index in [1.807, 2.05) is 6.07 Å². The van der Waals surface area contributed by atoms with Crippen LogP contribution in [-0.2, 0) is 17.4 Å². The highest BCUT2D eigenvalue weighted by atomic mass is 19.4. The van der Waals surface area contributed by atoms with E-state index in [9.17, 15) is 18.0 Å². The second kappa shape index (κ2) is 6.13. The lowest BCUT2D eigenvalue weighted by Crippen LogP contribution is -2.11. The molecule has 0 bridgehead atoms. The molecule has 0 heterocycles. The number of carboxylic acid groups (broad SMARTS) is 1. The molecule has 0 atom stereocenters. The Labute approximate surface area is 130 Å². The largest absolute Gasteiger partial charge is 0.481 e. The molecule has 0 aromatic heterocycles. The van der Waals surface area contributed by atoms with E-state index < -0.39 is 24.1 Å². The van der Waals surface area contributed by atoms with Gasteiger partial charge in [0.1, 0.15) is 0 Å². The number of nitrogens with zero attached hydrogens (tertiary/aromatic N) is 1. The summed E-state index contributed by atoms with van der Waals surface area (Å²) >= 11 is 0. The average molecular weight is 319 g/mol. The maximum Gasteiger partial charge on any atom is 0.417 e. The second-order valence-electron chi connectivity index (χ2n) is 5.08. The molecule has 6 heteroatoms. The maximum atomic E-state index is 13.3. The highest BCUT2D eigenvalue weighted by molar-refractivity contribution is 5.74. The third-order valence-electron chi connectivity index (χ3n) is 3.45. The number of carbonyl (C=O) groups is 1. The smallest absolute Gasteiger partial charge is 0.417 e. The van der Waals surface area contributed by atoms with Gasteiger partial charge in [0.2, 0.25) is 0 Å². The zero-order valence-electron chi connectivity index (χ0n) is 12.1. The van der Waals surface area contributed by atoms with Crippen LogP contribution in [0, 0.1) is 18.3 Å². The number of alkyl halides is 3. The Morgan fingerprint density at radius 3 is 2.30 bits per heavy atom. The van der Waals surface area contributed by atoms with Crippen molar-refractivity contribution in [1.82, 2.24) is 0 Å². The van der Waals surface area contributed by atoms with E-state index in [4.69, 9.17) is 10.4 Å². The van der Waals surface area contributed by atoms with Crippen molar-refractivity contribution in [2.24, 2.45) is 0 Å². The number of hydrogen-bond acceptors (Lipinski definition) is 2. The molecule has 0 saturated heterocycles. The van der Waals surface area contributed by atoms with Crippen LogP contribution in [0.1, 0.15) is 22.3 Å². The number of nitriles is 1. The zero-order valence-corrected chi connectivity index (χ0v) is 12.1. The van der Waals surface area contributed by atoms with E-state index in [-0.39, 0.29) is 11.1 Å². The Balaban J connectivity index is 2.64. The highest BCUT2D eigenvalue weighted by Gasteiger charge is 2.34. The van der Waals surface area contributed by atoms with Crippen molar-refractivity contribution in [3.63, 3.8) is 0 Å². The van der Waals surface area contributed by atoms with Crippen LogP contribution in [-0.4, -0.2) is 11.1 Å². The van der Waals surface area contributed by atoms with Crippen molar-refractivity contribution in [3.8, 4) is 17.2 Å². The first-order valence-electron chi connectivity index (χ1n) is 6.65. The van der Waals surface area contributed by atoms with Crippen molar-refractivity contribution < 1.29 is 23.1 Å². The SMILES string of the molecule is Cc1cc(-c2ccc(C#N)cc2)c(C(F)(F)F)cc1CC(=O)O. The molecule has 23 heavy (non-hydrogen) atoms. The van der Waals surface area contributed by atoms with Crippen LogP contribution in [0.15, 0.2) is 36.4 Å². The van der Waals surface area contributed by atoms with Gasteiger partial charge >= 0.3 is 12.1 Å². The third kappa shape index (κ3) is 3.69. The van der Waals surface area contributed by atoms with Crippen LogP contribution in [0.25, 0.3) is 11.1 Å². The second-order valence-corrected chi connectivity index (χ2v) is 5.08. The number of hydrogen-bond donors (Lipinski definition) is 1. The van der Waals surface area contributed by atoms with Gasteiger partial charge in [-0.1, -0.05) is 18.2 Å². The maximum absolute atomic E-state index is 13.3. The quantitative estimate of drug-likeness (QED) is 0.923. The Morgan fingerprint density at radius 1 is 1.22 bits per heavy atom. The molecule has 2 rings (SSSR count). The summed E-state index contributed by atoms with van der Waals surface area (Å²) in [4.78, 5) is 10.8. The van der Waals surface area contributed by atoms with E-state index in [1.54, 1.807) is 6.92 Å². The van der Waals surface area contributed by atoms with Crippen LogP contribution < -0.4 is 0 Å². The average Bonchev–Trinajstić information content (AvgIpc) is 2.47. The van der Waals surface area contributed by atoms with Crippen molar-refractivity contribution >= 4 is 5.97 Å². The summed E-state index contributed by atoms with van der Waals surface area (Å²) in [6, 6.07) is 9.90. The topological polar surface area (TPSA) is 61.1 Å². The van der Waals surface area contributed by atoms with Crippen molar-refractivity contribution in [3.05, 3.63) is 58.7 Å². The molecule has 0 aliphatic rings. The molecule has 0 aliphatic carbocycles. The summed E-state index contributed by atoms with van der Waals surface area (Å²) in [5, 5.41) is 17.6. The van der Waals surface area contributed by atoms with Gasteiger partial charge in [0.05, 0.1) is 23.6 Å². The summed E-state index contributed by atoms with van der Waals surface area (Å²) < 4.78 is 40.0. The molecule has 0 spiro atoms. The predicted octanol–water partition coefficient (Wildman–Crippen LogP) is 4.18. The fraction of sp³-hybridized carbons (Fsp3) is 0.176. The first-order chi connectivity index (χ1) is 10.7. The van der Waals surface area contributed by atoms with Crippen molar-refractivity contribution in [1.29, 1.82) is 5.26 Å². The highest BCUT2D eigenvalue weighted by Crippen LogP contribution is 2.38. The van der Waals surface area contributed by atoms with Crippen molar-refractivity contribution in [2.45, 2.75) is 19.5 Å². The minimum Gasteiger partial charge on any atom is -0.481 e. The van der Waals surface area contributed by atoms with Gasteiger partial charge in [-0.15, -0.1) is 0 Å². The lowest BCUT2D eigenvalue weighted by molar-refractivity contribution is -0.138. The van der Waals surface area contributed by atoms with Gasteiger partial charge in [-0.3, -0.25) is 4.79 Å². The molecule has 2 aromatic carbocycles. The third-order valence-corrected chi connectivity index (χ3v) is 3.45. The zero-order chi connectivity index (χ0) is 17.2. The minimum atomic E-state index is -4.61.